The lowest BCUT2D eigenvalue weighted by molar-refractivity contribution is -0.139. The van der Waals surface area contributed by atoms with Crippen LogP contribution in [0.5, 0.6) is 0 Å². The summed E-state index contributed by atoms with van der Waals surface area (Å²) >= 11 is 0. The molecular formula is C17H25N5O3. The molecule has 3 heterocycles. The summed E-state index contributed by atoms with van der Waals surface area (Å²) in [6.45, 7) is 3.02. The average molecular weight is 347 g/mol. The van der Waals surface area contributed by atoms with Gasteiger partial charge in [-0.25, -0.2) is 4.98 Å². The van der Waals surface area contributed by atoms with Crippen molar-refractivity contribution >= 4 is 17.6 Å². The Balaban J connectivity index is 1.68. The first-order valence-electron chi connectivity index (χ1n) is 8.75. The van der Waals surface area contributed by atoms with Crippen LogP contribution in [-0.2, 0) is 9.53 Å². The van der Waals surface area contributed by atoms with Gasteiger partial charge in [-0.2, -0.15) is 0 Å². The van der Waals surface area contributed by atoms with E-state index in [9.17, 15) is 9.59 Å². The zero-order chi connectivity index (χ0) is 17.8. The number of hydrogen-bond acceptors (Lipinski definition) is 6. The Bertz CT molecular complexity index is 638. The van der Waals surface area contributed by atoms with Crippen molar-refractivity contribution in [1.29, 1.82) is 0 Å². The Kier molecular flexibility index (Phi) is 5.47. The number of rotatable bonds is 6. The minimum Gasteiger partial charge on any atom is -0.385 e. The first-order chi connectivity index (χ1) is 12.1. The Morgan fingerprint density at radius 3 is 3.00 bits per heavy atom. The lowest BCUT2D eigenvalue weighted by Crippen LogP contribution is -2.56. The van der Waals surface area contributed by atoms with E-state index < -0.39 is 5.91 Å². The molecular weight excluding hydrogens is 322 g/mol. The largest absolute Gasteiger partial charge is 0.385 e. The van der Waals surface area contributed by atoms with Gasteiger partial charge in [-0.3, -0.25) is 14.6 Å². The Morgan fingerprint density at radius 2 is 2.24 bits per heavy atom. The van der Waals surface area contributed by atoms with Crippen LogP contribution < -0.4 is 10.6 Å². The molecule has 1 aromatic heterocycles. The molecule has 8 nitrogen and oxygen atoms in total. The minimum absolute atomic E-state index is 0.180. The van der Waals surface area contributed by atoms with Gasteiger partial charge < -0.3 is 20.3 Å². The smallest absolute Gasteiger partial charge is 0.268 e. The molecule has 0 unspecified atom stereocenters. The summed E-state index contributed by atoms with van der Waals surface area (Å²) in [6.07, 6.45) is 6.29. The van der Waals surface area contributed by atoms with Crippen molar-refractivity contribution in [2.45, 2.75) is 31.7 Å². The van der Waals surface area contributed by atoms with Crippen LogP contribution in [0.4, 0.5) is 5.82 Å². The number of piperidine rings is 2. The quantitative estimate of drug-likeness (QED) is 0.749. The van der Waals surface area contributed by atoms with Crippen molar-refractivity contribution in [3.63, 3.8) is 0 Å². The second-order valence-corrected chi connectivity index (χ2v) is 6.66. The van der Waals surface area contributed by atoms with Gasteiger partial charge in [0.1, 0.15) is 11.5 Å². The fraction of sp³-hybridized carbons (Fsp3) is 0.647. The molecule has 3 rings (SSSR count). The topological polar surface area (TPSA) is 102 Å². The Hall–Kier alpha value is -2.22. The van der Waals surface area contributed by atoms with Crippen molar-refractivity contribution < 1.29 is 14.3 Å². The average Bonchev–Trinajstić information content (AvgIpc) is 2.63. The summed E-state index contributed by atoms with van der Waals surface area (Å²) in [5.74, 6) is 0.767. The van der Waals surface area contributed by atoms with Gasteiger partial charge in [0.15, 0.2) is 0 Å². The normalized spacial score (nSPS) is 23.5. The number of carbonyl (C=O) groups excluding carboxylic acids is 2. The van der Waals surface area contributed by atoms with Crippen LogP contribution in [0.1, 0.15) is 36.2 Å². The third-order valence-electron chi connectivity index (χ3n) is 5.09. The molecule has 2 aliphatic rings. The number of ether oxygens (including phenoxy) is 1. The second kappa shape index (κ2) is 7.77. The van der Waals surface area contributed by atoms with Crippen LogP contribution in [0.15, 0.2) is 12.4 Å². The van der Waals surface area contributed by atoms with Gasteiger partial charge in [-0.1, -0.05) is 0 Å². The molecule has 2 N–H and O–H groups in total. The summed E-state index contributed by atoms with van der Waals surface area (Å²) in [5.41, 5.74) is 5.48. The Morgan fingerprint density at radius 1 is 1.40 bits per heavy atom. The van der Waals surface area contributed by atoms with Crippen molar-refractivity contribution in [3.8, 4) is 0 Å². The van der Waals surface area contributed by atoms with Crippen LogP contribution in [0, 0.1) is 5.92 Å². The number of nitrogens with two attached hydrogens (primary N) is 1. The van der Waals surface area contributed by atoms with Gasteiger partial charge in [0.05, 0.1) is 12.4 Å². The fourth-order valence-electron chi connectivity index (χ4n) is 3.86. The van der Waals surface area contributed by atoms with E-state index in [1.807, 2.05) is 4.90 Å². The third kappa shape index (κ3) is 3.89. The molecule has 0 aromatic carbocycles. The highest BCUT2D eigenvalue weighted by Crippen LogP contribution is 2.32. The summed E-state index contributed by atoms with van der Waals surface area (Å²) < 4.78 is 5.11. The lowest BCUT2D eigenvalue weighted by atomic mass is 9.83. The highest BCUT2D eigenvalue weighted by molar-refractivity contribution is 5.90. The molecule has 2 aliphatic heterocycles. The van der Waals surface area contributed by atoms with Gasteiger partial charge in [-0.15, -0.1) is 0 Å². The van der Waals surface area contributed by atoms with Crippen LogP contribution in [0.2, 0.25) is 0 Å². The van der Waals surface area contributed by atoms with Gasteiger partial charge in [0.25, 0.3) is 5.91 Å². The number of fused-ring (bicyclic) bond motifs is 1. The molecule has 1 aromatic rings. The van der Waals surface area contributed by atoms with Crippen molar-refractivity contribution in [3.05, 3.63) is 18.1 Å². The van der Waals surface area contributed by atoms with Crippen molar-refractivity contribution in [2.75, 3.05) is 38.3 Å². The van der Waals surface area contributed by atoms with E-state index >= 15 is 0 Å². The first kappa shape index (κ1) is 17.6. The maximum Gasteiger partial charge on any atom is 0.268 e. The highest BCUT2D eigenvalue weighted by Gasteiger charge is 2.39. The summed E-state index contributed by atoms with van der Waals surface area (Å²) in [4.78, 5) is 36.2. The molecule has 0 bridgehead atoms. The number of methoxy groups -OCH3 is 1. The van der Waals surface area contributed by atoms with Crippen LogP contribution in [0.25, 0.3) is 0 Å². The molecule has 25 heavy (non-hydrogen) atoms. The van der Waals surface area contributed by atoms with Gasteiger partial charge in [0.2, 0.25) is 5.91 Å². The van der Waals surface area contributed by atoms with E-state index in [1.54, 1.807) is 13.3 Å². The van der Waals surface area contributed by atoms with Crippen LogP contribution in [-0.4, -0.2) is 66.1 Å². The van der Waals surface area contributed by atoms with E-state index in [0.717, 1.165) is 38.9 Å². The third-order valence-corrected chi connectivity index (χ3v) is 5.09. The maximum atomic E-state index is 12.3. The molecule has 2 fully saturated rings. The predicted molar refractivity (Wildman–Crippen MR) is 92.1 cm³/mol. The van der Waals surface area contributed by atoms with Gasteiger partial charge in [-0.05, 0) is 25.2 Å². The molecule has 0 aliphatic carbocycles. The zero-order valence-corrected chi connectivity index (χ0v) is 14.6. The summed E-state index contributed by atoms with van der Waals surface area (Å²) in [5, 5.41) is 0. The number of amides is 2. The van der Waals surface area contributed by atoms with Crippen LogP contribution >= 0.6 is 0 Å². The number of carbonyl (C=O) groups is 2. The summed E-state index contributed by atoms with van der Waals surface area (Å²) in [6, 6.07) is 0.279. The molecule has 2 atom stereocenters. The minimum atomic E-state index is -0.572. The van der Waals surface area contributed by atoms with Crippen LogP contribution in [0.3, 0.4) is 0 Å². The summed E-state index contributed by atoms with van der Waals surface area (Å²) in [7, 11) is 1.68. The van der Waals surface area contributed by atoms with E-state index in [4.69, 9.17) is 10.5 Å². The highest BCUT2D eigenvalue weighted by atomic mass is 16.5. The van der Waals surface area contributed by atoms with Crippen molar-refractivity contribution in [1.82, 2.24) is 14.9 Å². The van der Waals surface area contributed by atoms with E-state index in [0.29, 0.717) is 24.8 Å². The molecule has 0 spiro atoms. The van der Waals surface area contributed by atoms with Crippen molar-refractivity contribution in [2.24, 2.45) is 11.7 Å². The maximum absolute atomic E-state index is 12.3. The molecule has 8 heteroatoms. The van der Waals surface area contributed by atoms with Gasteiger partial charge >= 0.3 is 0 Å². The number of anilines is 1. The second-order valence-electron chi connectivity index (χ2n) is 6.66. The predicted octanol–water partition coefficient (Wildman–Crippen LogP) is 0.429. The molecule has 2 amide bonds. The number of hydrogen-bond donors (Lipinski definition) is 1. The first-order valence-corrected chi connectivity index (χ1v) is 8.75. The number of nitrogens with zero attached hydrogens (tertiary/aromatic N) is 4. The monoisotopic (exact) mass is 347 g/mol. The molecule has 136 valence electrons. The SMILES string of the molecule is COCCCN1C(=O)CC[C@H]2CN(c3cncc(C(N)=O)n3)CC[C@H]21. The van der Waals surface area contributed by atoms with Gasteiger partial charge in [0, 0.05) is 45.8 Å². The van der Waals surface area contributed by atoms with E-state index in [2.05, 4.69) is 14.9 Å². The zero-order valence-electron chi connectivity index (χ0n) is 14.6. The molecule has 0 saturated carbocycles. The fourth-order valence-corrected chi connectivity index (χ4v) is 3.86. The number of likely N-dealkylation sites (tertiary alicyclic amines) is 1. The van der Waals surface area contributed by atoms with E-state index in [-0.39, 0.29) is 17.6 Å². The molecule has 0 radical (unpaired) electrons. The number of aromatic nitrogens is 2. The molecule has 2 saturated heterocycles. The Labute approximate surface area is 147 Å². The number of primary amides is 1. The standard InChI is InChI=1S/C17H25N5O3/c1-25-8-2-6-22-14-5-7-21(11-12(14)3-4-16(22)23)15-10-19-9-13(20-15)17(18)24/h9-10,12,14H,2-8,11H2,1H3,(H2,18,24)/t12-,14+/m0/s1. The lowest BCUT2D eigenvalue weighted by Gasteiger charge is -2.47. The van der Waals surface area contributed by atoms with E-state index in [1.165, 1.54) is 6.20 Å².